The number of nitrogens with two attached hydrogens (primary N) is 1. The van der Waals surface area contributed by atoms with Gasteiger partial charge in [0.05, 0.1) is 0 Å². The Balaban J connectivity index is 0.00000220. The molecule has 2 rings (SSSR count). The van der Waals surface area contributed by atoms with Crippen LogP contribution in [-0.4, -0.2) is 31.7 Å². The third-order valence-electron chi connectivity index (χ3n) is 3.17. The normalized spacial score (nSPS) is 14.0. The minimum atomic E-state index is 0. The Morgan fingerprint density at radius 3 is 2.76 bits per heavy atom. The third-order valence-corrected chi connectivity index (χ3v) is 3.17. The Hall–Kier alpha value is -1.46. The van der Waals surface area contributed by atoms with Gasteiger partial charge < -0.3 is 20.5 Å². The summed E-state index contributed by atoms with van der Waals surface area (Å²) in [6, 6.07) is 5.96. The largest absolute Gasteiger partial charge is 0.486 e. The van der Waals surface area contributed by atoms with Crippen molar-refractivity contribution >= 4 is 18.3 Å². The second-order valence-electron chi connectivity index (χ2n) is 5.09. The molecule has 0 fully saturated rings. The number of hydrogen-bond donors (Lipinski definition) is 2. The molecule has 1 amide bonds. The van der Waals surface area contributed by atoms with Crippen molar-refractivity contribution < 1.29 is 14.3 Å². The van der Waals surface area contributed by atoms with E-state index in [2.05, 4.69) is 5.32 Å². The quantitative estimate of drug-likeness (QED) is 0.837. The maximum absolute atomic E-state index is 11.6. The molecule has 0 saturated heterocycles. The Bertz CT molecular complexity index is 466. The molecule has 1 unspecified atom stereocenters. The summed E-state index contributed by atoms with van der Waals surface area (Å²) in [5.74, 6) is 1.64. The van der Waals surface area contributed by atoms with Crippen molar-refractivity contribution in [3.05, 3.63) is 23.8 Å². The molecule has 1 heterocycles. The summed E-state index contributed by atoms with van der Waals surface area (Å²) in [4.78, 5) is 11.6. The Morgan fingerprint density at radius 2 is 2.05 bits per heavy atom. The second-order valence-corrected chi connectivity index (χ2v) is 5.09. The molecule has 0 spiro atoms. The second kappa shape index (κ2) is 8.74. The van der Waals surface area contributed by atoms with Crippen LogP contribution >= 0.6 is 12.4 Å². The van der Waals surface area contributed by atoms with Crippen LogP contribution in [0.1, 0.15) is 25.3 Å². The van der Waals surface area contributed by atoms with Crippen LogP contribution in [0, 0.1) is 0 Å². The molecule has 6 heteroatoms. The average molecular weight is 315 g/mol. The third kappa shape index (κ3) is 5.81. The predicted molar refractivity (Wildman–Crippen MR) is 84.3 cm³/mol. The summed E-state index contributed by atoms with van der Waals surface area (Å²) in [6.07, 6.45) is 1.98. The maximum Gasteiger partial charge on any atom is 0.220 e. The van der Waals surface area contributed by atoms with Crippen LogP contribution in [0.2, 0.25) is 0 Å². The summed E-state index contributed by atoms with van der Waals surface area (Å²) >= 11 is 0. The number of fused-ring (bicyclic) bond motifs is 1. The monoisotopic (exact) mass is 314 g/mol. The number of carbonyl (C=O) groups is 1. The molecular weight excluding hydrogens is 292 g/mol. The van der Waals surface area contributed by atoms with Crippen molar-refractivity contribution in [1.82, 2.24) is 5.32 Å². The smallest absolute Gasteiger partial charge is 0.220 e. The van der Waals surface area contributed by atoms with E-state index in [0.29, 0.717) is 26.2 Å². The Labute approximate surface area is 131 Å². The number of nitrogens with one attached hydrogen (secondary N) is 1. The van der Waals surface area contributed by atoms with Gasteiger partial charge in [-0.15, -0.1) is 12.4 Å². The molecule has 3 N–H and O–H groups in total. The number of ether oxygens (including phenoxy) is 2. The number of amides is 1. The molecule has 1 aromatic rings. The van der Waals surface area contributed by atoms with Gasteiger partial charge in [-0.25, -0.2) is 0 Å². The van der Waals surface area contributed by atoms with Gasteiger partial charge in [-0.1, -0.05) is 6.07 Å². The minimum absolute atomic E-state index is 0. The van der Waals surface area contributed by atoms with Crippen LogP contribution in [-0.2, 0) is 11.2 Å². The number of carbonyl (C=O) groups excluding carboxylic acids is 1. The minimum Gasteiger partial charge on any atom is -0.486 e. The number of benzene rings is 1. The lowest BCUT2D eigenvalue weighted by Gasteiger charge is -2.18. The van der Waals surface area contributed by atoms with E-state index in [1.807, 2.05) is 25.1 Å². The molecule has 1 aromatic carbocycles. The SMILES string of the molecule is CC(N)CCC(=O)NCCc1ccc2c(c1)OCCO2.Cl. The molecule has 1 atom stereocenters. The van der Waals surface area contributed by atoms with Crippen molar-refractivity contribution in [2.24, 2.45) is 5.73 Å². The van der Waals surface area contributed by atoms with Crippen LogP contribution in [0.4, 0.5) is 0 Å². The standard InChI is InChI=1S/C15H22N2O3.ClH/c1-11(16)2-5-15(18)17-7-6-12-3-4-13-14(10-12)20-9-8-19-13;/h3-4,10-11H,2,5-9,16H2,1H3,(H,17,18);1H. The molecule has 1 aliphatic rings. The van der Waals surface area contributed by atoms with Crippen molar-refractivity contribution in [2.75, 3.05) is 19.8 Å². The fourth-order valence-corrected chi connectivity index (χ4v) is 2.04. The highest BCUT2D eigenvalue weighted by Gasteiger charge is 2.11. The molecule has 0 saturated carbocycles. The van der Waals surface area contributed by atoms with Crippen LogP contribution in [0.15, 0.2) is 18.2 Å². The molecule has 118 valence electrons. The van der Waals surface area contributed by atoms with Gasteiger partial charge in [-0.05, 0) is 37.5 Å². The molecule has 0 aliphatic carbocycles. The Kier molecular flexibility index (Phi) is 7.32. The van der Waals surface area contributed by atoms with Gasteiger partial charge >= 0.3 is 0 Å². The van der Waals surface area contributed by atoms with Crippen LogP contribution in [0.25, 0.3) is 0 Å². The zero-order valence-electron chi connectivity index (χ0n) is 12.3. The van der Waals surface area contributed by atoms with Gasteiger partial charge in [-0.3, -0.25) is 4.79 Å². The van der Waals surface area contributed by atoms with Gasteiger partial charge in [0.15, 0.2) is 11.5 Å². The lowest BCUT2D eigenvalue weighted by Crippen LogP contribution is -2.27. The molecule has 0 bridgehead atoms. The van der Waals surface area contributed by atoms with E-state index in [9.17, 15) is 4.79 Å². The van der Waals surface area contributed by atoms with Gasteiger partial charge in [0, 0.05) is 19.0 Å². The first-order valence-corrected chi connectivity index (χ1v) is 7.06. The number of halogens is 1. The van der Waals surface area contributed by atoms with Crippen LogP contribution in [0.5, 0.6) is 11.5 Å². The fourth-order valence-electron chi connectivity index (χ4n) is 2.04. The highest BCUT2D eigenvalue weighted by Crippen LogP contribution is 2.30. The first kappa shape index (κ1) is 17.6. The molecule has 21 heavy (non-hydrogen) atoms. The van der Waals surface area contributed by atoms with Crippen molar-refractivity contribution in [1.29, 1.82) is 0 Å². The summed E-state index contributed by atoms with van der Waals surface area (Å²) in [5, 5.41) is 2.90. The molecule has 0 radical (unpaired) electrons. The van der Waals surface area contributed by atoms with Gasteiger partial charge in [0.2, 0.25) is 5.91 Å². The first-order chi connectivity index (χ1) is 9.65. The average Bonchev–Trinajstić information content (AvgIpc) is 2.45. The number of rotatable bonds is 6. The topological polar surface area (TPSA) is 73.6 Å². The highest BCUT2D eigenvalue weighted by atomic mass is 35.5. The Morgan fingerprint density at radius 1 is 1.33 bits per heavy atom. The van der Waals surface area contributed by atoms with E-state index < -0.39 is 0 Å². The zero-order chi connectivity index (χ0) is 14.4. The lowest BCUT2D eigenvalue weighted by molar-refractivity contribution is -0.121. The predicted octanol–water partition coefficient (Wildman–Crippen LogP) is 1.67. The zero-order valence-corrected chi connectivity index (χ0v) is 13.1. The van der Waals surface area contributed by atoms with E-state index in [-0.39, 0.29) is 24.4 Å². The van der Waals surface area contributed by atoms with E-state index in [1.54, 1.807) is 0 Å². The summed E-state index contributed by atoms with van der Waals surface area (Å²) in [7, 11) is 0. The summed E-state index contributed by atoms with van der Waals surface area (Å²) < 4.78 is 11.0. The van der Waals surface area contributed by atoms with Gasteiger partial charge in [-0.2, -0.15) is 0 Å². The van der Waals surface area contributed by atoms with Crippen LogP contribution < -0.4 is 20.5 Å². The van der Waals surface area contributed by atoms with Crippen molar-refractivity contribution in [3.63, 3.8) is 0 Å². The fraction of sp³-hybridized carbons (Fsp3) is 0.533. The molecule has 5 nitrogen and oxygen atoms in total. The van der Waals surface area contributed by atoms with E-state index in [4.69, 9.17) is 15.2 Å². The molecule has 1 aliphatic heterocycles. The highest BCUT2D eigenvalue weighted by molar-refractivity contribution is 5.85. The van der Waals surface area contributed by atoms with Crippen LogP contribution in [0.3, 0.4) is 0 Å². The maximum atomic E-state index is 11.6. The van der Waals surface area contributed by atoms with Crippen molar-refractivity contribution in [2.45, 2.75) is 32.2 Å². The van der Waals surface area contributed by atoms with Gasteiger partial charge in [0.25, 0.3) is 0 Å². The van der Waals surface area contributed by atoms with Crippen molar-refractivity contribution in [3.8, 4) is 11.5 Å². The molecule has 0 aromatic heterocycles. The van der Waals surface area contributed by atoms with E-state index >= 15 is 0 Å². The molecular formula is C15H23ClN2O3. The van der Waals surface area contributed by atoms with Gasteiger partial charge in [0.1, 0.15) is 13.2 Å². The summed E-state index contributed by atoms with van der Waals surface area (Å²) in [6.45, 7) is 3.71. The first-order valence-electron chi connectivity index (χ1n) is 7.06. The van der Waals surface area contributed by atoms with E-state index in [0.717, 1.165) is 29.9 Å². The van der Waals surface area contributed by atoms with E-state index in [1.165, 1.54) is 0 Å². The summed E-state index contributed by atoms with van der Waals surface area (Å²) in [5.41, 5.74) is 6.75. The number of hydrogen-bond acceptors (Lipinski definition) is 4. The lowest BCUT2D eigenvalue weighted by atomic mass is 10.1.